The molecular formula is C16H12IN7O. The Bertz CT molecular complexity index is 1050. The Morgan fingerprint density at radius 2 is 2.08 bits per heavy atom. The lowest BCUT2D eigenvalue weighted by Crippen LogP contribution is -2.07. The van der Waals surface area contributed by atoms with Gasteiger partial charge in [-0.2, -0.15) is 19.7 Å². The first kappa shape index (κ1) is 15.7. The molecule has 0 saturated heterocycles. The van der Waals surface area contributed by atoms with Gasteiger partial charge in [-0.15, -0.1) is 0 Å². The van der Waals surface area contributed by atoms with Gasteiger partial charge in [-0.1, -0.05) is 6.07 Å². The maximum atomic E-state index is 5.23. The van der Waals surface area contributed by atoms with E-state index < -0.39 is 0 Å². The summed E-state index contributed by atoms with van der Waals surface area (Å²) >= 11 is 2.26. The maximum absolute atomic E-state index is 5.23. The molecule has 3 aromatic heterocycles. The van der Waals surface area contributed by atoms with E-state index in [-0.39, 0.29) is 0 Å². The number of hydrogen-bond donors (Lipinski definition) is 1. The lowest BCUT2D eigenvalue weighted by Gasteiger charge is -2.09. The predicted molar refractivity (Wildman–Crippen MR) is 101 cm³/mol. The number of rotatable bonds is 4. The maximum Gasteiger partial charge on any atom is 0.255 e. The van der Waals surface area contributed by atoms with Gasteiger partial charge in [-0.3, -0.25) is 0 Å². The summed E-state index contributed by atoms with van der Waals surface area (Å²) in [6.07, 6.45) is 4.88. The van der Waals surface area contributed by atoms with Gasteiger partial charge in [-0.25, -0.2) is 9.97 Å². The molecule has 0 spiro atoms. The van der Waals surface area contributed by atoms with Gasteiger partial charge in [0, 0.05) is 15.2 Å². The van der Waals surface area contributed by atoms with E-state index >= 15 is 0 Å². The molecule has 0 bridgehead atoms. The second-order valence-corrected chi connectivity index (χ2v) is 6.30. The molecule has 1 aromatic carbocycles. The third kappa shape index (κ3) is 3.09. The number of methoxy groups -OCH3 is 1. The second kappa shape index (κ2) is 6.59. The first-order chi connectivity index (χ1) is 12.2. The number of fused-ring (bicyclic) bond motifs is 1. The molecule has 25 heavy (non-hydrogen) atoms. The number of anilines is 2. The summed E-state index contributed by atoms with van der Waals surface area (Å²) in [4.78, 5) is 17.0. The summed E-state index contributed by atoms with van der Waals surface area (Å²) in [6, 6.07) is 9.71. The normalized spacial score (nSPS) is 10.8. The predicted octanol–water partition coefficient (Wildman–Crippen LogP) is 2.96. The Balaban J connectivity index is 1.73. The highest BCUT2D eigenvalue weighted by atomic mass is 127. The molecule has 0 unspecified atom stereocenters. The zero-order valence-electron chi connectivity index (χ0n) is 13.1. The van der Waals surface area contributed by atoms with E-state index in [4.69, 9.17) is 4.74 Å². The van der Waals surface area contributed by atoms with E-state index in [1.807, 2.05) is 24.3 Å². The average molecular weight is 445 g/mol. The first-order valence-corrected chi connectivity index (χ1v) is 8.41. The van der Waals surface area contributed by atoms with Gasteiger partial charge in [0.15, 0.2) is 0 Å². The van der Waals surface area contributed by atoms with Crippen molar-refractivity contribution < 1.29 is 4.74 Å². The number of ether oxygens (including phenoxy) is 1. The minimum atomic E-state index is 0.380. The third-order valence-electron chi connectivity index (χ3n) is 3.49. The van der Waals surface area contributed by atoms with Crippen LogP contribution in [0.1, 0.15) is 0 Å². The van der Waals surface area contributed by atoms with E-state index in [0.717, 1.165) is 14.5 Å². The van der Waals surface area contributed by atoms with Crippen LogP contribution in [0.4, 0.5) is 11.6 Å². The molecular weight excluding hydrogens is 433 g/mol. The molecule has 0 saturated carbocycles. The van der Waals surface area contributed by atoms with E-state index in [9.17, 15) is 0 Å². The Morgan fingerprint density at radius 1 is 1.16 bits per heavy atom. The van der Waals surface area contributed by atoms with Crippen LogP contribution >= 0.6 is 22.6 Å². The van der Waals surface area contributed by atoms with Gasteiger partial charge in [0.25, 0.3) is 5.95 Å². The number of nitrogens with zero attached hydrogens (tertiary/aromatic N) is 6. The molecule has 3 heterocycles. The lowest BCUT2D eigenvalue weighted by molar-refractivity contribution is 0.400. The molecule has 4 aromatic rings. The fourth-order valence-corrected chi connectivity index (χ4v) is 2.84. The summed E-state index contributed by atoms with van der Waals surface area (Å²) in [5, 5.41) is 8.50. The minimum absolute atomic E-state index is 0.380. The number of nitrogens with one attached hydrogen (secondary N) is 1. The highest BCUT2D eigenvalue weighted by molar-refractivity contribution is 14.1. The molecule has 0 fully saturated rings. The summed E-state index contributed by atoms with van der Waals surface area (Å²) in [6.45, 7) is 0. The number of hydrogen-bond acceptors (Lipinski definition) is 7. The number of pyridine rings is 1. The van der Waals surface area contributed by atoms with Crippen LogP contribution < -0.4 is 10.1 Å². The summed E-state index contributed by atoms with van der Waals surface area (Å²) in [7, 11) is 1.56. The molecule has 4 rings (SSSR count). The van der Waals surface area contributed by atoms with Gasteiger partial charge >= 0.3 is 0 Å². The zero-order valence-corrected chi connectivity index (χ0v) is 15.2. The van der Waals surface area contributed by atoms with Crippen LogP contribution in [-0.4, -0.2) is 36.8 Å². The van der Waals surface area contributed by atoms with Crippen molar-refractivity contribution >= 4 is 45.1 Å². The van der Waals surface area contributed by atoms with Crippen LogP contribution in [0.3, 0.4) is 0 Å². The number of aromatic nitrogens is 6. The van der Waals surface area contributed by atoms with Crippen LogP contribution in [0.15, 0.2) is 49.1 Å². The molecule has 0 atom stereocenters. The van der Waals surface area contributed by atoms with Crippen molar-refractivity contribution in [3.05, 3.63) is 52.6 Å². The van der Waals surface area contributed by atoms with E-state index in [0.29, 0.717) is 23.5 Å². The van der Waals surface area contributed by atoms with E-state index in [1.165, 1.54) is 6.33 Å². The SMILES string of the molecule is COc1ncccc1Nc1ncnc(-n2ncc3ccc(I)cc32)n1. The number of benzene rings is 1. The molecule has 8 nitrogen and oxygen atoms in total. The quantitative estimate of drug-likeness (QED) is 0.483. The van der Waals surface area contributed by atoms with Crippen LogP contribution in [0.5, 0.6) is 5.88 Å². The molecule has 0 amide bonds. The van der Waals surface area contributed by atoms with Gasteiger partial charge in [0.05, 0.1) is 18.8 Å². The smallest absolute Gasteiger partial charge is 0.255 e. The molecule has 0 aliphatic heterocycles. The Hall–Kier alpha value is -2.82. The largest absolute Gasteiger partial charge is 0.480 e. The average Bonchev–Trinajstić information content (AvgIpc) is 3.05. The molecule has 0 aliphatic carbocycles. The standard InChI is InChI=1S/C16H12IN7O/c1-25-14-12(3-2-6-18-14)22-15-19-9-20-16(23-15)24-13-7-11(17)5-4-10(13)8-21-24/h2-9H,1H3,(H,19,20,22,23). The molecule has 9 heteroatoms. The number of halogens is 1. The highest BCUT2D eigenvalue weighted by Gasteiger charge is 2.11. The van der Waals surface area contributed by atoms with E-state index in [1.54, 1.807) is 30.3 Å². The van der Waals surface area contributed by atoms with Crippen molar-refractivity contribution in [3.63, 3.8) is 0 Å². The van der Waals surface area contributed by atoms with Crippen molar-refractivity contribution in [2.24, 2.45) is 0 Å². The van der Waals surface area contributed by atoms with E-state index in [2.05, 4.69) is 52.9 Å². The molecule has 1 N–H and O–H groups in total. The van der Waals surface area contributed by atoms with Gasteiger partial charge < -0.3 is 10.1 Å². The van der Waals surface area contributed by atoms with Crippen molar-refractivity contribution in [1.29, 1.82) is 0 Å². The van der Waals surface area contributed by atoms with Gasteiger partial charge in [0.1, 0.15) is 12.0 Å². The summed E-state index contributed by atoms with van der Waals surface area (Å²) in [5.41, 5.74) is 1.60. The van der Waals surface area contributed by atoms with Crippen molar-refractivity contribution in [2.45, 2.75) is 0 Å². The Morgan fingerprint density at radius 3 is 2.96 bits per heavy atom. The van der Waals surface area contributed by atoms with Crippen LogP contribution in [0, 0.1) is 3.57 Å². The third-order valence-corrected chi connectivity index (χ3v) is 4.16. The minimum Gasteiger partial charge on any atom is -0.480 e. The van der Waals surface area contributed by atoms with Crippen molar-refractivity contribution in [1.82, 2.24) is 29.7 Å². The van der Waals surface area contributed by atoms with Gasteiger partial charge in [0.2, 0.25) is 11.8 Å². The fraction of sp³-hybridized carbons (Fsp3) is 0.0625. The zero-order chi connectivity index (χ0) is 17.2. The second-order valence-electron chi connectivity index (χ2n) is 5.05. The van der Waals surface area contributed by atoms with Crippen LogP contribution in [0.2, 0.25) is 0 Å². The van der Waals surface area contributed by atoms with Crippen molar-refractivity contribution in [3.8, 4) is 11.8 Å². The summed E-state index contributed by atoms with van der Waals surface area (Å²) < 4.78 is 8.02. The van der Waals surface area contributed by atoms with Crippen LogP contribution in [-0.2, 0) is 0 Å². The monoisotopic (exact) mass is 445 g/mol. The highest BCUT2D eigenvalue weighted by Crippen LogP contribution is 2.23. The topological polar surface area (TPSA) is 90.6 Å². The summed E-state index contributed by atoms with van der Waals surface area (Å²) in [5.74, 6) is 1.27. The van der Waals surface area contributed by atoms with Crippen molar-refractivity contribution in [2.75, 3.05) is 12.4 Å². The van der Waals surface area contributed by atoms with Crippen LogP contribution in [0.25, 0.3) is 16.9 Å². The Labute approximate surface area is 156 Å². The fourth-order valence-electron chi connectivity index (χ4n) is 2.37. The van der Waals surface area contributed by atoms with Gasteiger partial charge in [-0.05, 0) is 46.9 Å². The molecule has 124 valence electrons. The molecule has 0 aliphatic rings. The lowest BCUT2D eigenvalue weighted by atomic mass is 10.3. The Kier molecular flexibility index (Phi) is 4.14. The molecule has 0 radical (unpaired) electrons. The first-order valence-electron chi connectivity index (χ1n) is 7.33.